The summed E-state index contributed by atoms with van der Waals surface area (Å²) in [6.07, 6.45) is 0.831. The Morgan fingerprint density at radius 3 is 2.53 bits per heavy atom. The van der Waals surface area contributed by atoms with E-state index in [1.807, 2.05) is 49.9 Å². The Labute approximate surface area is 109 Å². The molecule has 0 N–H and O–H groups in total. The van der Waals surface area contributed by atoms with Crippen LogP contribution in [0.15, 0.2) is 24.3 Å². The molecular formula is C14H20ClNO. The van der Waals surface area contributed by atoms with Crippen LogP contribution in [0.3, 0.4) is 0 Å². The van der Waals surface area contributed by atoms with Crippen LogP contribution in [0.2, 0.25) is 0 Å². The van der Waals surface area contributed by atoms with Crippen LogP contribution in [-0.2, 0) is 0 Å². The Morgan fingerprint density at radius 2 is 2.00 bits per heavy atom. The van der Waals surface area contributed by atoms with Gasteiger partial charge < -0.3 is 4.90 Å². The van der Waals surface area contributed by atoms with Crippen LogP contribution in [0.25, 0.3) is 0 Å². The number of alkyl halides is 1. The fourth-order valence-electron chi connectivity index (χ4n) is 1.79. The van der Waals surface area contributed by atoms with E-state index in [0.717, 1.165) is 17.5 Å². The summed E-state index contributed by atoms with van der Waals surface area (Å²) < 4.78 is 0. The van der Waals surface area contributed by atoms with Crippen molar-refractivity contribution >= 4 is 17.5 Å². The van der Waals surface area contributed by atoms with E-state index in [9.17, 15) is 4.79 Å². The van der Waals surface area contributed by atoms with Gasteiger partial charge in [0.1, 0.15) is 0 Å². The first-order valence-electron chi connectivity index (χ1n) is 6.00. The van der Waals surface area contributed by atoms with Gasteiger partial charge >= 0.3 is 0 Å². The summed E-state index contributed by atoms with van der Waals surface area (Å²) >= 11 is 5.69. The van der Waals surface area contributed by atoms with Gasteiger partial charge in [0.05, 0.1) is 0 Å². The van der Waals surface area contributed by atoms with Gasteiger partial charge in [-0.1, -0.05) is 18.2 Å². The van der Waals surface area contributed by atoms with E-state index >= 15 is 0 Å². The number of aryl methyl sites for hydroxylation is 1. The van der Waals surface area contributed by atoms with Crippen molar-refractivity contribution in [2.24, 2.45) is 0 Å². The molecule has 1 rings (SSSR count). The number of hydrogen-bond acceptors (Lipinski definition) is 1. The van der Waals surface area contributed by atoms with Crippen LogP contribution >= 0.6 is 11.6 Å². The number of hydrogen-bond donors (Lipinski definition) is 0. The summed E-state index contributed by atoms with van der Waals surface area (Å²) in [7, 11) is 0. The summed E-state index contributed by atoms with van der Waals surface area (Å²) in [5.41, 5.74) is 1.81. The molecule has 1 aromatic carbocycles. The second-order valence-corrected chi connectivity index (χ2v) is 4.83. The van der Waals surface area contributed by atoms with E-state index < -0.39 is 0 Å². The monoisotopic (exact) mass is 253 g/mol. The molecule has 0 unspecified atom stereocenters. The highest BCUT2D eigenvalue weighted by Crippen LogP contribution is 2.13. The third-order valence-electron chi connectivity index (χ3n) is 2.79. The van der Waals surface area contributed by atoms with E-state index in [1.54, 1.807) is 0 Å². The van der Waals surface area contributed by atoms with Crippen LogP contribution < -0.4 is 0 Å². The fraction of sp³-hybridized carbons (Fsp3) is 0.500. The average Bonchev–Trinajstić information content (AvgIpc) is 2.29. The minimum atomic E-state index is 0.100. The van der Waals surface area contributed by atoms with E-state index in [4.69, 9.17) is 11.6 Å². The molecule has 0 atom stereocenters. The topological polar surface area (TPSA) is 20.3 Å². The fourth-order valence-corrected chi connectivity index (χ4v) is 1.91. The van der Waals surface area contributed by atoms with Crippen molar-refractivity contribution in [3.8, 4) is 0 Å². The minimum absolute atomic E-state index is 0.100. The molecule has 0 aromatic heterocycles. The zero-order valence-electron chi connectivity index (χ0n) is 10.7. The average molecular weight is 254 g/mol. The Hall–Kier alpha value is -1.02. The summed E-state index contributed by atoms with van der Waals surface area (Å²) in [5.74, 6) is 0.688. The van der Waals surface area contributed by atoms with Gasteiger partial charge in [-0.15, -0.1) is 11.6 Å². The largest absolute Gasteiger partial charge is 0.336 e. The minimum Gasteiger partial charge on any atom is -0.336 e. The van der Waals surface area contributed by atoms with Crippen LogP contribution in [0, 0.1) is 6.92 Å². The molecule has 0 heterocycles. The lowest BCUT2D eigenvalue weighted by atomic mass is 10.1. The first-order valence-corrected chi connectivity index (χ1v) is 6.54. The highest BCUT2D eigenvalue weighted by atomic mass is 35.5. The number of halogens is 1. The van der Waals surface area contributed by atoms with Gasteiger partial charge in [-0.3, -0.25) is 4.79 Å². The van der Waals surface area contributed by atoms with Crippen molar-refractivity contribution in [3.05, 3.63) is 35.4 Å². The Bertz CT molecular complexity index is 376. The Morgan fingerprint density at radius 1 is 1.35 bits per heavy atom. The summed E-state index contributed by atoms with van der Waals surface area (Å²) in [4.78, 5) is 14.3. The standard InChI is InChI=1S/C14H20ClNO/c1-11(2)16(10-6-9-15)14(17)13-8-5-4-7-12(13)3/h4-5,7-8,11H,6,9-10H2,1-3H3. The second kappa shape index (κ2) is 6.65. The Balaban J connectivity index is 2.88. The van der Waals surface area contributed by atoms with Crippen LogP contribution in [0.5, 0.6) is 0 Å². The first kappa shape index (κ1) is 14.0. The van der Waals surface area contributed by atoms with Gasteiger partial charge in [0, 0.05) is 24.0 Å². The highest BCUT2D eigenvalue weighted by Gasteiger charge is 2.19. The number of nitrogens with zero attached hydrogens (tertiary/aromatic N) is 1. The number of carbonyl (C=O) groups excluding carboxylic acids is 1. The van der Waals surface area contributed by atoms with Gasteiger partial charge in [0.25, 0.3) is 5.91 Å². The van der Waals surface area contributed by atoms with Gasteiger partial charge in [-0.2, -0.15) is 0 Å². The maximum atomic E-state index is 12.4. The zero-order chi connectivity index (χ0) is 12.8. The molecule has 0 spiro atoms. The molecule has 0 aliphatic carbocycles. The van der Waals surface area contributed by atoms with E-state index in [-0.39, 0.29) is 11.9 Å². The first-order chi connectivity index (χ1) is 8.07. The van der Waals surface area contributed by atoms with Crippen LogP contribution in [0.1, 0.15) is 36.2 Å². The molecular weight excluding hydrogens is 234 g/mol. The van der Waals surface area contributed by atoms with Gasteiger partial charge in [-0.05, 0) is 38.8 Å². The number of rotatable bonds is 5. The normalized spacial score (nSPS) is 10.6. The third-order valence-corrected chi connectivity index (χ3v) is 3.06. The summed E-state index contributed by atoms with van der Waals surface area (Å²) in [6.45, 7) is 6.75. The lowest BCUT2D eigenvalue weighted by Gasteiger charge is -2.27. The molecule has 1 aromatic rings. The van der Waals surface area contributed by atoms with E-state index in [0.29, 0.717) is 12.4 Å². The summed E-state index contributed by atoms with van der Waals surface area (Å²) in [5, 5.41) is 0. The molecule has 17 heavy (non-hydrogen) atoms. The molecule has 0 aliphatic rings. The Kier molecular flexibility index (Phi) is 5.49. The van der Waals surface area contributed by atoms with Gasteiger partial charge in [0.2, 0.25) is 0 Å². The molecule has 3 heteroatoms. The van der Waals surface area contributed by atoms with Crippen molar-refractivity contribution in [3.63, 3.8) is 0 Å². The quantitative estimate of drug-likeness (QED) is 0.736. The SMILES string of the molecule is Cc1ccccc1C(=O)N(CCCCl)C(C)C. The van der Waals surface area contributed by atoms with Crippen molar-refractivity contribution < 1.29 is 4.79 Å². The molecule has 0 fully saturated rings. The van der Waals surface area contributed by atoms with Crippen molar-refractivity contribution in [2.75, 3.05) is 12.4 Å². The number of amides is 1. The van der Waals surface area contributed by atoms with E-state index in [1.165, 1.54) is 0 Å². The number of carbonyl (C=O) groups is 1. The highest BCUT2D eigenvalue weighted by molar-refractivity contribution is 6.17. The van der Waals surface area contributed by atoms with Crippen molar-refractivity contribution in [1.29, 1.82) is 0 Å². The molecule has 0 saturated carbocycles. The second-order valence-electron chi connectivity index (χ2n) is 4.45. The lowest BCUT2D eigenvalue weighted by molar-refractivity contribution is 0.0705. The van der Waals surface area contributed by atoms with Crippen LogP contribution in [0.4, 0.5) is 0 Å². The zero-order valence-corrected chi connectivity index (χ0v) is 11.5. The number of benzene rings is 1. The maximum absolute atomic E-state index is 12.4. The van der Waals surface area contributed by atoms with Crippen LogP contribution in [-0.4, -0.2) is 29.3 Å². The van der Waals surface area contributed by atoms with Gasteiger partial charge in [0.15, 0.2) is 0 Å². The molecule has 0 radical (unpaired) electrons. The van der Waals surface area contributed by atoms with E-state index in [2.05, 4.69) is 0 Å². The molecule has 1 amide bonds. The third kappa shape index (κ3) is 3.74. The molecule has 0 saturated heterocycles. The predicted octanol–water partition coefficient (Wildman–Crippen LogP) is 3.47. The smallest absolute Gasteiger partial charge is 0.254 e. The van der Waals surface area contributed by atoms with Gasteiger partial charge in [-0.25, -0.2) is 0 Å². The maximum Gasteiger partial charge on any atom is 0.254 e. The van der Waals surface area contributed by atoms with Crippen molar-refractivity contribution in [2.45, 2.75) is 33.2 Å². The predicted molar refractivity (Wildman–Crippen MR) is 72.7 cm³/mol. The molecule has 0 bridgehead atoms. The molecule has 0 aliphatic heterocycles. The summed E-state index contributed by atoms with van der Waals surface area (Å²) in [6, 6.07) is 7.90. The lowest BCUT2D eigenvalue weighted by Crippen LogP contribution is -2.38. The van der Waals surface area contributed by atoms with Crippen molar-refractivity contribution in [1.82, 2.24) is 4.90 Å². The molecule has 94 valence electrons. The molecule has 2 nitrogen and oxygen atoms in total.